The largest absolute Gasteiger partial charge is 0.393 e. The molecule has 4 aliphatic carbocycles. The number of rotatable bonds is 2. The second-order valence-corrected chi connectivity index (χ2v) is 9.80. The molecule has 0 aromatic rings. The molecule has 0 aromatic heterocycles. The SMILES string of the molecule is C[C@]12CC[C@@H](O)C[C@@H]1CC[C@H]1[C@H]2CC[C@]2(C)[C@@H](NCC#N)CC[C@H]12. The molecule has 0 bridgehead atoms. The van der Waals surface area contributed by atoms with Gasteiger partial charge in [0.25, 0.3) is 0 Å². The lowest BCUT2D eigenvalue weighted by Crippen LogP contribution is -2.55. The Balaban J connectivity index is 1.55. The van der Waals surface area contributed by atoms with Crippen LogP contribution in [0.4, 0.5) is 0 Å². The van der Waals surface area contributed by atoms with Crippen molar-refractivity contribution in [3.05, 3.63) is 0 Å². The predicted molar refractivity (Wildman–Crippen MR) is 95.1 cm³/mol. The van der Waals surface area contributed by atoms with Gasteiger partial charge >= 0.3 is 0 Å². The predicted octanol–water partition coefficient (Wildman–Crippen LogP) is 3.87. The molecule has 0 aromatic carbocycles. The molecule has 0 radical (unpaired) electrons. The molecule has 0 unspecified atom stereocenters. The van der Waals surface area contributed by atoms with Crippen LogP contribution in [-0.2, 0) is 0 Å². The van der Waals surface area contributed by atoms with Gasteiger partial charge in [-0.2, -0.15) is 5.26 Å². The highest BCUT2D eigenvalue weighted by molar-refractivity contribution is 5.11. The first kappa shape index (κ1) is 16.9. The van der Waals surface area contributed by atoms with Crippen LogP contribution >= 0.6 is 0 Å². The van der Waals surface area contributed by atoms with E-state index in [-0.39, 0.29) is 6.10 Å². The first-order valence-corrected chi connectivity index (χ1v) is 10.3. The molecular weight excluding hydrogens is 296 g/mol. The Morgan fingerprint density at radius 2 is 1.75 bits per heavy atom. The van der Waals surface area contributed by atoms with Gasteiger partial charge in [-0.05, 0) is 92.3 Å². The smallest absolute Gasteiger partial charge is 0.0843 e. The molecule has 4 fully saturated rings. The van der Waals surface area contributed by atoms with Crippen LogP contribution in [0.3, 0.4) is 0 Å². The average Bonchev–Trinajstić information content (AvgIpc) is 2.90. The number of nitriles is 1. The molecule has 3 nitrogen and oxygen atoms in total. The third kappa shape index (κ3) is 2.36. The summed E-state index contributed by atoms with van der Waals surface area (Å²) in [6.07, 6.45) is 11.3. The first-order valence-electron chi connectivity index (χ1n) is 10.3. The molecule has 4 rings (SSSR count). The van der Waals surface area contributed by atoms with Crippen LogP contribution < -0.4 is 5.32 Å². The van der Waals surface area contributed by atoms with E-state index in [0.717, 1.165) is 36.5 Å². The molecular formula is C21H34N2O. The van der Waals surface area contributed by atoms with Crippen molar-refractivity contribution >= 4 is 0 Å². The zero-order chi connectivity index (χ0) is 16.9. The van der Waals surface area contributed by atoms with Crippen LogP contribution in [0.1, 0.15) is 71.6 Å². The lowest BCUT2D eigenvalue weighted by atomic mass is 9.45. The zero-order valence-corrected chi connectivity index (χ0v) is 15.4. The van der Waals surface area contributed by atoms with Crippen molar-refractivity contribution in [1.82, 2.24) is 5.32 Å². The van der Waals surface area contributed by atoms with Gasteiger partial charge < -0.3 is 10.4 Å². The van der Waals surface area contributed by atoms with Gasteiger partial charge in [-0.1, -0.05) is 13.8 Å². The van der Waals surface area contributed by atoms with Crippen molar-refractivity contribution in [3.8, 4) is 6.07 Å². The van der Waals surface area contributed by atoms with E-state index in [4.69, 9.17) is 5.26 Å². The van der Waals surface area contributed by atoms with Crippen molar-refractivity contribution in [2.45, 2.75) is 83.8 Å². The van der Waals surface area contributed by atoms with Crippen molar-refractivity contribution < 1.29 is 5.11 Å². The molecule has 4 saturated carbocycles. The fourth-order valence-electron chi connectivity index (χ4n) is 7.74. The molecule has 0 spiro atoms. The second-order valence-electron chi connectivity index (χ2n) is 9.80. The number of aliphatic hydroxyl groups excluding tert-OH is 1. The van der Waals surface area contributed by atoms with Gasteiger partial charge in [0.15, 0.2) is 0 Å². The molecule has 0 heterocycles. The molecule has 0 aliphatic heterocycles. The van der Waals surface area contributed by atoms with Crippen LogP contribution in [0, 0.1) is 45.8 Å². The van der Waals surface area contributed by atoms with E-state index in [1.165, 1.54) is 44.9 Å². The molecule has 134 valence electrons. The molecule has 8 atom stereocenters. The van der Waals surface area contributed by atoms with Crippen LogP contribution in [0.15, 0.2) is 0 Å². The van der Waals surface area contributed by atoms with E-state index in [0.29, 0.717) is 23.4 Å². The quantitative estimate of drug-likeness (QED) is 0.756. The van der Waals surface area contributed by atoms with Crippen molar-refractivity contribution in [2.75, 3.05) is 6.54 Å². The lowest BCUT2D eigenvalue weighted by Gasteiger charge is -2.61. The van der Waals surface area contributed by atoms with Gasteiger partial charge in [-0.15, -0.1) is 0 Å². The van der Waals surface area contributed by atoms with Crippen LogP contribution in [0.25, 0.3) is 0 Å². The molecule has 0 saturated heterocycles. The molecule has 24 heavy (non-hydrogen) atoms. The fourth-order valence-corrected chi connectivity index (χ4v) is 7.74. The second kappa shape index (κ2) is 5.99. The minimum atomic E-state index is -0.0421. The Labute approximate surface area is 147 Å². The Morgan fingerprint density at radius 1 is 1.00 bits per heavy atom. The van der Waals surface area contributed by atoms with Gasteiger partial charge in [-0.25, -0.2) is 0 Å². The topological polar surface area (TPSA) is 56.0 Å². The summed E-state index contributed by atoms with van der Waals surface area (Å²) in [7, 11) is 0. The van der Waals surface area contributed by atoms with Crippen molar-refractivity contribution in [2.24, 2.45) is 34.5 Å². The van der Waals surface area contributed by atoms with Crippen molar-refractivity contribution in [1.29, 1.82) is 5.26 Å². The Morgan fingerprint density at radius 3 is 2.54 bits per heavy atom. The van der Waals surface area contributed by atoms with Crippen LogP contribution in [0.2, 0.25) is 0 Å². The van der Waals surface area contributed by atoms with Gasteiger partial charge in [0.05, 0.1) is 18.7 Å². The standard InChI is InChI=1S/C21H34N2O/c1-20-9-7-15(24)13-14(20)3-4-16-17-5-6-19(23-12-11-22)21(17,2)10-8-18(16)20/h14-19,23-24H,3-10,12-13H2,1-2H3/t14-,15+,16+,17+,18+,19-,20-,21-/m0/s1. The van der Waals surface area contributed by atoms with E-state index in [2.05, 4.69) is 25.2 Å². The number of nitrogens with zero attached hydrogens (tertiary/aromatic N) is 1. The highest BCUT2D eigenvalue weighted by Crippen LogP contribution is 2.66. The number of aliphatic hydroxyl groups is 1. The summed E-state index contributed by atoms with van der Waals surface area (Å²) < 4.78 is 0. The number of fused-ring (bicyclic) bond motifs is 5. The van der Waals surface area contributed by atoms with Crippen molar-refractivity contribution in [3.63, 3.8) is 0 Å². The van der Waals surface area contributed by atoms with Gasteiger partial charge in [0.1, 0.15) is 0 Å². The molecule has 3 heteroatoms. The Kier molecular flexibility index (Phi) is 4.21. The van der Waals surface area contributed by atoms with Gasteiger partial charge in [0, 0.05) is 6.04 Å². The highest BCUT2D eigenvalue weighted by atomic mass is 16.3. The summed E-state index contributed by atoms with van der Waals surface area (Å²) in [4.78, 5) is 0. The molecule has 0 amide bonds. The third-order valence-corrected chi connectivity index (χ3v) is 9.07. The van der Waals surface area contributed by atoms with Gasteiger partial charge in [-0.3, -0.25) is 0 Å². The summed E-state index contributed by atoms with van der Waals surface area (Å²) >= 11 is 0. The third-order valence-electron chi connectivity index (χ3n) is 9.07. The number of hydrogen-bond donors (Lipinski definition) is 2. The van der Waals surface area contributed by atoms with E-state index < -0.39 is 0 Å². The van der Waals surface area contributed by atoms with Gasteiger partial charge in [0.2, 0.25) is 0 Å². The fraction of sp³-hybridized carbons (Fsp3) is 0.952. The van der Waals surface area contributed by atoms with Crippen LogP contribution in [0.5, 0.6) is 0 Å². The summed E-state index contributed by atoms with van der Waals surface area (Å²) in [6, 6.07) is 2.82. The monoisotopic (exact) mass is 330 g/mol. The summed E-state index contributed by atoms with van der Waals surface area (Å²) in [5.74, 6) is 3.35. The first-order chi connectivity index (χ1) is 11.5. The van der Waals surface area contributed by atoms with E-state index >= 15 is 0 Å². The summed E-state index contributed by atoms with van der Waals surface area (Å²) in [6.45, 7) is 5.57. The number of nitrogens with one attached hydrogen (secondary N) is 1. The highest BCUT2D eigenvalue weighted by Gasteiger charge is 2.59. The number of hydrogen-bond acceptors (Lipinski definition) is 3. The lowest BCUT2D eigenvalue weighted by molar-refractivity contribution is -0.123. The maximum Gasteiger partial charge on any atom is 0.0843 e. The minimum absolute atomic E-state index is 0.0421. The van der Waals surface area contributed by atoms with Crippen LogP contribution in [-0.4, -0.2) is 23.8 Å². The maximum absolute atomic E-state index is 10.1. The van der Waals surface area contributed by atoms with E-state index in [9.17, 15) is 5.11 Å². The summed E-state index contributed by atoms with van der Waals surface area (Å²) in [5.41, 5.74) is 0.872. The average molecular weight is 331 g/mol. The Bertz CT molecular complexity index is 528. The molecule has 4 aliphatic rings. The zero-order valence-electron chi connectivity index (χ0n) is 15.4. The normalized spacial score (nSPS) is 53.6. The molecule has 2 N–H and O–H groups in total. The summed E-state index contributed by atoms with van der Waals surface area (Å²) in [5, 5.41) is 22.6. The van der Waals surface area contributed by atoms with E-state index in [1.54, 1.807) is 0 Å². The Hall–Kier alpha value is -0.590. The minimum Gasteiger partial charge on any atom is -0.393 e. The van der Waals surface area contributed by atoms with E-state index in [1.807, 2.05) is 0 Å². The maximum atomic E-state index is 10.1.